The Kier molecular flexibility index (Phi) is 6.04. The monoisotopic (exact) mass is 362 g/mol. The van der Waals surface area contributed by atoms with E-state index in [1.165, 1.54) is 26.4 Å². The fraction of sp³-hybridized carbons (Fsp3) is 0.263. The first-order valence-corrected chi connectivity index (χ1v) is 7.94. The molecular formula is C19H19ClO5. The molecule has 0 radical (unpaired) electrons. The predicted octanol–water partition coefficient (Wildman–Crippen LogP) is 4.01. The second-order valence-electron chi connectivity index (χ2n) is 5.51. The minimum atomic E-state index is -0.665. The van der Waals surface area contributed by atoms with Gasteiger partial charge in [-0.05, 0) is 37.6 Å². The highest BCUT2D eigenvalue weighted by Gasteiger charge is 2.18. The SMILES string of the molecule is COc1cc(C(=O)OCC(=O)c2cc(C)ccc2C)cc(Cl)c1OC. The Morgan fingerprint density at radius 1 is 1.04 bits per heavy atom. The van der Waals surface area contributed by atoms with Crippen LogP contribution in [-0.2, 0) is 4.74 Å². The Bertz CT molecular complexity index is 814. The summed E-state index contributed by atoms with van der Waals surface area (Å²) in [6.07, 6.45) is 0. The van der Waals surface area contributed by atoms with E-state index >= 15 is 0 Å². The van der Waals surface area contributed by atoms with Crippen molar-refractivity contribution in [1.29, 1.82) is 0 Å². The number of aryl methyl sites for hydroxylation is 2. The maximum Gasteiger partial charge on any atom is 0.338 e. The Labute approximate surface area is 151 Å². The molecule has 0 heterocycles. The van der Waals surface area contributed by atoms with E-state index in [9.17, 15) is 9.59 Å². The highest BCUT2D eigenvalue weighted by Crippen LogP contribution is 2.36. The number of carbonyl (C=O) groups excluding carboxylic acids is 2. The standard InChI is InChI=1S/C19H19ClO5/c1-11-5-6-12(2)14(7-11)16(21)10-25-19(22)13-8-15(20)18(24-4)17(9-13)23-3/h5-9H,10H2,1-4H3. The van der Waals surface area contributed by atoms with Gasteiger partial charge in [0.2, 0.25) is 5.78 Å². The van der Waals surface area contributed by atoms with E-state index in [2.05, 4.69) is 0 Å². The topological polar surface area (TPSA) is 61.8 Å². The molecule has 25 heavy (non-hydrogen) atoms. The normalized spacial score (nSPS) is 10.3. The summed E-state index contributed by atoms with van der Waals surface area (Å²) in [5, 5.41) is 0.217. The molecule has 2 aromatic rings. The van der Waals surface area contributed by atoms with Crippen molar-refractivity contribution < 1.29 is 23.8 Å². The molecule has 0 saturated carbocycles. The van der Waals surface area contributed by atoms with Gasteiger partial charge in [0, 0.05) is 5.56 Å². The number of ketones is 1. The Morgan fingerprint density at radius 2 is 1.76 bits per heavy atom. The maximum absolute atomic E-state index is 12.3. The van der Waals surface area contributed by atoms with Crippen LogP contribution in [0.4, 0.5) is 0 Å². The van der Waals surface area contributed by atoms with Crippen molar-refractivity contribution in [3.63, 3.8) is 0 Å². The van der Waals surface area contributed by atoms with Crippen molar-refractivity contribution in [3.8, 4) is 11.5 Å². The van der Waals surface area contributed by atoms with E-state index in [-0.39, 0.29) is 23.0 Å². The number of benzene rings is 2. The molecule has 0 aliphatic rings. The smallest absolute Gasteiger partial charge is 0.338 e. The molecule has 6 heteroatoms. The van der Waals surface area contributed by atoms with Gasteiger partial charge in [-0.3, -0.25) is 4.79 Å². The van der Waals surface area contributed by atoms with E-state index in [0.29, 0.717) is 17.1 Å². The van der Waals surface area contributed by atoms with Crippen molar-refractivity contribution in [2.75, 3.05) is 20.8 Å². The number of hydrogen-bond donors (Lipinski definition) is 0. The van der Waals surface area contributed by atoms with Crippen LogP contribution in [0.15, 0.2) is 30.3 Å². The molecule has 0 saturated heterocycles. The lowest BCUT2D eigenvalue weighted by molar-refractivity contribution is 0.0474. The molecule has 0 amide bonds. The number of hydrogen-bond acceptors (Lipinski definition) is 5. The number of Topliss-reactive ketones (excluding diaryl/α,β-unsaturated/α-hetero) is 1. The molecular weight excluding hydrogens is 344 g/mol. The van der Waals surface area contributed by atoms with Crippen molar-refractivity contribution >= 4 is 23.4 Å². The van der Waals surface area contributed by atoms with Gasteiger partial charge in [-0.15, -0.1) is 0 Å². The van der Waals surface area contributed by atoms with Gasteiger partial charge in [-0.2, -0.15) is 0 Å². The molecule has 0 bridgehead atoms. The van der Waals surface area contributed by atoms with Crippen molar-refractivity contribution in [3.05, 3.63) is 57.6 Å². The Balaban J connectivity index is 2.14. The molecule has 0 atom stereocenters. The molecule has 0 aliphatic carbocycles. The van der Waals surface area contributed by atoms with Gasteiger partial charge < -0.3 is 14.2 Å². The molecule has 0 aliphatic heterocycles. The quantitative estimate of drug-likeness (QED) is 0.574. The highest BCUT2D eigenvalue weighted by molar-refractivity contribution is 6.32. The van der Waals surface area contributed by atoms with Gasteiger partial charge in [-0.1, -0.05) is 29.3 Å². The summed E-state index contributed by atoms with van der Waals surface area (Å²) in [6.45, 7) is 3.38. The fourth-order valence-electron chi connectivity index (χ4n) is 2.36. The maximum atomic E-state index is 12.3. The van der Waals surface area contributed by atoms with E-state index in [0.717, 1.165) is 11.1 Å². The minimum absolute atomic E-state index is 0.177. The summed E-state index contributed by atoms with van der Waals surface area (Å²) in [5.41, 5.74) is 2.52. The van der Waals surface area contributed by atoms with Crippen LogP contribution in [0.2, 0.25) is 5.02 Å². The fourth-order valence-corrected chi connectivity index (χ4v) is 2.65. The van der Waals surface area contributed by atoms with Crippen LogP contribution in [0, 0.1) is 13.8 Å². The van der Waals surface area contributed by atoms with Crippen LogP contribution in [0.3, 0.4) is 0 Å². The van der Waals surface area contributed by atoms with Crippen LogP contribution in [-0.4, -0.2) is 32.6 Å². The zero-order chi connectivity index (χ0) is 18.6. The number of methoxy groups -OCH3 is 2. The van der Waals surface area contributed by atoms with Gasteiger partial charge in [0.25, 0.3) is 0 Å². The molecule has 2 aromatic carbocycles. The molecule has 2 rings (SSSR count). The number of esters is 1. The molecule has 132 valence electrons. The lowest BCUT2D eigenvalue weighted by Gasteiger charge is -2.12. The molecule has 5 nitrogen and oxygen atoms in total. The summed E-state index contributed by atoms with van der Waals surface area (Å²) in [6, 6.07) is 8.42. The largest absolute Gasteiger partial charge is 0.493 e. The molecule has 0 aromatic heterocycles. The van der Waals surface area contributed by atoms with Crippen molar-refractivity contribution in [2.45, 2.75) is 13.8 Å². The number of carbonyl (C=O) groups is 2. The van der Waals surface area contributed by atoms with Crippen molar-refractivity contribution in [1.82, 2.24) is 0 Å². The Hall–Kier alpha value is -2.53. The van der Waals surface area contributed by atoms with Gasteiger partial charge in [0.1, 0.15) is 0 Å². The first-order valence-electron chi connectivity index (χ1n) is 7.56. The third kappa shape index (κ3) is 4.31. The summed E-state index contributed by atoms with van der Waals surface area (Å²) in [5.74, 6) is -0.294. The summed E-state index contributed by atoms with van der Waals surface area (Å²) in [4.78, 5) is 24.5. The van der Waals surface area contributed by atoms with Gasteiger partial charge >= 0.3 is 5.97 Å². The predicted molar refractivity (Wildman–Crippen MR) is 95.1 cm³/mol. The molecule has 0 unspecified atom stereocenters. The second-order valence-corrected chi connectivity index (χ2v) is 5.92. The molecule has 0 N–H and O–H groups in total. The van der Waals surface area contributed by atoms with E-state index in [1.807, 2.05) is 26.0 Å². The second kappa shape index (κ2) is 8.03. The van der Waals surface area contributed by atoms with Gasteiger partial charge in [0.05, 0.1) is 24.8 Å². The third-order valence-corrected chi connectivity index (χ3v) is 3.98. The van der Waals surface area contributed by atoms with E-state index in [4.69, 9.17) is 25.8 Å². The van der Waals surface area contributed by atoms with Crippen LogP contribution >= 0.6 is 11.6 Å². The number of rotatable bonds is 6. The van der Waals surface area contributed by atoms with Crippen molar-refractivity contribution in [2.24, 2.45) is 0 Å². The average Bonchev–Trinajstić information content (AvgIpc) is 2.60. The van der Waals surface area contributed by atoms with Crippen LogP contribution in [0.5, 0.6) is 11.5 Å². The first kappa shape index (κ1) is 18.8. The number of ether oxygens (including phenoxy) is 3. The third-order valence-electron chi connectivity index (χ3n) is 3.70. The lowest BCUT2D eigenvalue weighted by atomic mass is 10.0. The Morgan fingerprint density at radius 3 is 2.40 bits per heavy atom. The average molecular weight is 363 g/mol. The van der Waals surface area contributed by atoms with Gasteiger partial charge in [0.15, 0.2) is 18.1 Å². The van der Waals surface area contributed by atoms with E-state index in [1.54, 1.807) is 6.07 Å². The molecule has 0 spiro atoms. The minimum Gasteiger partial charge on any atom is -0.493 e. The summed E-state index contributed by atoms with van der Waals surface area (Å²) in [7, 11) is 2.89. The molecule has 0 fully saturated rings. The number of halogens is 1. The summed E-state index contributed by atoms with van der Waals surface area (Å²) < 4.78 is 15.4. The van der Waals surface area contributed by atoms with Crippen LogP contribution in [0.1, 0.15) is 31.8 Å². The summed E-state index contributed by atoms with van der Waals surface area (Å²) >= 11 is 6.07. The first-order chi connectivity index (χ1) is 11.9. The van der Waals surface area contributed by atoms with E-state index < -0.39 is 5.97 Å². The van der Waals surface area contributed by atoms with Crippen LogP contribution in [0.25, 0.3) is 0 Å². The zero-order valence-corrected chi connectivity index (χ0v) is 15.3. The highest BCUT2D eigenvalue weighted by atomic mass is 35.5. The lowest BCUT2D eigenvalue weighted by Crippen LogP contribution is -2.15. The zero-order valence-electron chi connectivity index (χ0n) is 14.5. The van der Waals surface area contributed by atoms with Gasteiger partial charge in [-0.25, -0.2) is 4.79 Å². The van der Waals surface area contributed by atoms with Crippen LogP contribution < -0.4 is 9.47 Å².